The molecule has 2 aromatic rings. The second-order valence-corrected chi connectivity index (χ2v) is 5.71. The minimum atomic E-state index is -0.442. The summed E-state index contributed by atoms with van der Waals surface area (Å²) in [5.41, 5.74) is 2.05. The Morgan fingerprint density at radius 2 is 2.10 bits per heavy atom. The number of nitrogens with zero attached hydrogens (tertiary/aromatic N) is 1. The van der Waals surface area contributed by atoms with Gasteiger partial charge in [0, 0.05) is 17.1 Å². The zero-order valence-electron chi connectivity index (χ0n) is 11.1. The molecule has 1 N–H and O–H groups in total. The first kappa shape index (κ1) is 13.9. The molecule has 0 aromatic heterocycles. The molecule has 0 atom stereocenters. The number of benzene rings is 2. The summed E-state index contributed by atoms with van der Waals surface area (Å²) in [6, 6.07) is 10.5. The van der Waals surface area contributed by atoms with Crippen LogP contribution in [-0.2, 0) is 6.42 Å². The predicted octanol–water partition coefficient (Wildman–Crippen LogP) is 4.51. The van der Waals surface area contributed by atoms with Crippen molar-refractivity contribution >= 4 is 27.3 Å². The van der Waals surface area contributed by atoms with Crippen molar-refractivity contribution in [2.45, 2.75) is 12.8 Å². The van der Waals surface area contributed by atoms with E-state index in [-0.39, 0.29) is 11.4 Å². The van der Waals surface area contributed by atoms with E-state index in [4.69, 9.17) is 4.74 Å². The number of nitro benzene ring substituents is 1. The van der Waals surface area contributed by atoms with Crippen LogP contribution in [0.15, 0.2) is 40.9 Å². The van der Waals surface area contributed by atoms with Crippen molar-refractivity contribution in [2.24, 2.45) is 0 Å². The number of para-hydroxylation sites is 1. The molecule has 0 spiro atoms. The summed E-state index contributed by atoms with van der Waals surface area (Å²) in [4.78, 5) is 10.7. The minimum Gasteiger partial charge on any atom is -0.448 e. The van der Waals surface area contributed by atoms with E-state index in [1.807, 2.05) is 18.2 Å². The lowest BCUT2D eigenvalue weighted by molar-refractivity contribution is -0.385. The van der Waals surface area contributed by atoms with E-state index in [2.05, 4.69) is 21.2 Å². The van der Waals surface area contributed by atoms with E-state index in [1.54, 1.807) is 12.1 Å². The molecule has 0 amide bonds. The van der Waals surface area contributed by atoms with Crippen LogP contribution in [0.1, 0.15) is 12.0 Å². The maximum atomic E-state index is 11.1. The van der Waals surface area contributed by atoms with Gasteiger partial charge in [0.2, 0.25) is 5.75 Å². The summed E-state index contributed by atoms with van der Waals surface area (Å²) in [6.07, 6.45) is 2.07. The summed E-state index contributed by atoms with van der Waals surface area (Å²) in [6.45, 7) is 0.885. The third-order valence-corrected chi connectivity index (χ3v) is 3.87. The highest BCUT2D eigenvalue weighted by atomic mass is 79.9. The molecule has 0 saturated carbocycles. The Hall–Kier alpha value is -2.08. The number of fused-ring (bicyclic) bond motifs is 1. The molecular weight excluding hydrogens is 336 g/mol. The molecule has 0 bridgehead atoms. The fourth-order valence-electron chi connectivity index (χ4n) is 2.40. The second-order valence-electron chi connectivity index (χ2n) is 4.79. The quantitative estimate of drug-likeness (QED) is 0.654. The van der Waals surface area contributed by atoms with Gasteiger partial charge >= 0.3 is 5.69 Å². The molecule has 0 aliphatic carbocycles. The number of halogens is 1. The van der Waals surface area contributed by atoms with Crippen molar-refractivity contribution in [2.75, 3.05) is 11.9 Å². The van der Waals surface area contributed by atoms with E-state index < -0.39 is 4.92 Å². The van der Waals surface area contributed by atoms with Crippen LogP contribution in [0.4, 0.5) is 11.4 Å². The lowest BCUT2D eigenvalue weighted by atomic mass is 10.0. The van der Waals surface area contributed by atoms with Gasteiger partial charge in [0.05, 0.1) is 10.6 Å². The van der Waals surface area contributed by atoms with Crippen molar-refractivity contribution < 1.29 is 9.66 Å². The van der Waals surface area contributed by atoms with Crippen LogP contribution in [0.2, 0.25) is 0 Å². The lowest BCUT2D eigenvalue weighted by Crippen LogP contribution is -2.12. The Labute approximate surface area is 130 Å². The van der Waals surface area contributed by atoms with Gasteiger partial charge in [-0.25, -0.2) is 0 Å². The highest BCUT2D eigenvalue weighted by Gasteiger charge is 2.19. The number of hydrogen-bond donors (Lipinski definition) is 1. The normalized spacial score (nSPS) is 13.2. The summed E-state index contributed by atoms with van der Waals surface area (Å²) < 4.78 is 6.45. The number of nitro groups is 1. The van der Waals surface area contributed by atoms with Crippen LogP contribution in [0, 0.1) is 10.1 Å². The number of ether oxygens (including phenoxy) is 1. The maximum Gasteiger partial charge on any atom is 0.312 e. The van der Waals surface area contributed by atoms with Gasteiger partial charge in [-0.05, 0) is 36.6 Å². The summed E-state index contributed by atoms with van der Waals surface area (Å²) in [7, 11) is 0. The first-order valence-corrected chi connectivity index (χ1v) is 7.42. The molecule has 108 valence electrons. The third-order valence-electron chi connectivity index (χ3n) is 3.37. The van der Waals surface area contributed by atoms with Gasteiger partial charge in [0.15, 0.2) is 5.75 Å². The van der Waals surface area contributed by atoms with Gasteiger partial charge in [0.1, 0.15) is 0 Å². The zero-order chi connectivity index (χ0) is 14.8. The van der Waals surface area contributed by atoms with Crippen LogP contribution >= 0.6 is 15.9 Å². The highest BCUT2D eigenvalue weighted by molar-refractivity contribution is 9.10. The average Bonchev–Trinajstić information content (AvgIpc) is 2.49. The fourth-order valence-corrected chi connectivity index (χ4v) is 2.75. The predicted molar refractivity (Wildman–Crippen MR) is 84.1 cm³/mol. The average molecular weight is 349 g/mol. The summed E-state index contributed by atoms with van der Waals surface area (Å²) >= 11 is 3.24. The standard InChI is InChI=1S/C15H13BrN2O3/c16-11-6-7-13(12(9-11)18(19)20)21-14-5-1-3-10-4-2-8-17-15(10)14/h1,3,5-7,9,17H,2,4,8H2. The lowest BCUT2D eigenvalue weighted by Gasteiger charge is -2.21. The van der Waals surface area contributed by atoms with Crippen LogP contribution < -0.4 is 10.1 Å². The molecule has 2 aromatic carbocycles. The number of hydrogen-bond acceptors (Lipinski definition) is 4. The molecular formula is C15H13BrN2O3. The van der Waals surface area contributed by atoms with Crippen molar-refractivity contribution in [3.05, 3.63) is 56.5 Å². The van der Waals surface area contributed by atoms with E-state index in [0.717, 1.165) is 25.1 Å². The molecule has 0 unspecified atom stereocenters. The molecule has 1 aliphatic rings. The molecule has 3 rings (SSSR count). The van der Waals surface area contributed by atoms with Crippen LogP contribution in [0.5, 0.6) is 11.5 Å². The Kier molecular flexibility index (Phi) is 3.79. The monoisotopic (exact) mass is 348 g/mol. The van der Waals surface area contributed by atoms with Gasteiger partial charge < -0.3 is 10.1 Å². The molecule has 0 fully saturated rings. The van der Waals surface area contributed by atoms with E-state index >= 15 is 0 Å². The number of anilines is 1. The Bertz CT molecular complexity index is 703. The zero-order valence-corrected chi connectivity index (χ0v) is 12.7. The topological polar surface area (TPSA) is 64.4 Å². The molecule has 5 nitrogen and oxygen atoms in total. The molecule has 0 radical (unpaired) electrons. The first-order valence-electron chi connectivity index (χ1n) is 6.63. The minimum absolute atomic E-state index is 0.0576. The van der Waals surface area contributed by atoms with Crippen molar-refractivity contribution in [3.63, 3.8) is 0 Å². The highest BCUT2D eigenvalue weighted by Crippen LogP contribution is 2.39. The Morgan fingerprint density at radius 1 is 1.24 bits per heavy atom. The summed E-state index contributed by atoms with van der Waals surface area (Å²) in [5, 5.41) is 14.4. The van der Waals surface area contributed by atoms with E-state index in [1.165, 1.54) is 11.6 Å². The van der Waals surface area contributed by atoms with Gasteiger partial charge in [0.25, 0.3) is 0 Å². The van der Waals surface area contributed by atoms with Gasteiger partial charge in [-0.15, -0.1) is 0 Å². The number of rotatable bonds is 3. The Morgan fingerprint density at radius 3 is 2.90 bits per heavy atom. The fraction of sp³-hybridized carbons (Fsp3) is 0.200. The molecule has 21 heavy (non-hydrogen) atoms. The Balaban J connectivity index is 2.00. The van der Waals surface area contributed by atoms with Crippen molar-refractivity contribution in [1.29, 1.82) is 0 Å². The largest absolute Gasteiger partial charge is 0.448 e. The number of aryl methyl sites for hydroxylation is 1. The first-order chi connectivity index (χ1) is 10.1. The molecule has 6 heteroatoms. The summed E-state index contributed by atoms with van der Waals surface area (Å²) in [5.74, 6) is 0.863. The smallest absolute Gasteiger partial charge is 0.312 e. The van der Waals surface area contributed by atoms with Crippen LogP contribution in [-0.4, -0.2) is 11.5 Å². The SMILES string of the molecule is O=[N+]([O-])c1cc(Br)ccc1Oc1cccc2c1NCCC2. The third kappa shape index (κ3) is 2.85. The molecule has 1 heterocycles. The second kappa shape index (κ2) is 5.73. The number of nitrogens with one attached hydrogen (secondary N) is 1. The van der Waals surface area contributed by atoms with Crippen molar-refractivity contribution in [3.8, 4) is 11.5 Å². The maximum absolute atomic E-state index is 11.1. The van der Waals surface area contributed by atoms with Crippen LogP contribution in [0.3, 0.4) is 0 Å². The van der Waals surface area contributed by atoms with Crippen LogP contribution in [0.25, 0.3) is 0 Å². The van der Waals surface area contributed by atoms with Gasteiger partial charge in [-0.3, -0.25) is 10.1 Å². The van der Waals surface area contributed by atoms with Gasteiger partial charge in [-0.2, -0.15) is 0 Å². The van der Waals surface area contributed by atoms with Crippen molar-refractivity contribution in [1.82, 2.24) is 0 Å². The van der Waals surface area contributed by atoms with E-state index in [0.29, 0.717) is 10.2 Å². The van der Waals surface area contributed by atoms with E-state index in [9.17, 15) is 10.1 Å². The molecule has 1 aliphatic heterocycles. The molecule has 0 saturated heterocycles. The van der Waals surface area contributed by atoms with Gasteiger partial charge in [-0.1, -0.05) is 28.1 Å².